The number of halogens is 3. The Hall–Kier alpha value is -3.38. The Morgan fingerprint density at radius 2 is 1.77 bits per heavy atom. The first-order valence-electron chi connectivity index (χ1n) is 7.26. The maximum absolute atomic E-state index is 12.1. The number of aromatic nitrogens is 4. The van der Waals surface area contributed by atoms with Crippen molar-refractivity contribution in [3.63, 3.8) is 0 Å². The third kappa shape index (κ3) is 5.61. The first kappa shape index (κ1) is 19.0. The van der Waals surface area contributed by atoms with E-state index < -0.39 is 6.36 Å². The van der Waals surface area contributed by atoms with Gasteiger partial charge in [-0.05, 0) is 37.2 Å². The molecule has 0 spiro atoms. The maximum atomic E-state index is 12.1. The molecule has 0 aliphatic carbocycles. The largest absolute Gasteiger partial charge is 0.573 e. The fraction of sp³-hybridized carbons (Fsp3) is 0.118. The van der Waals surface area contributed by atoms with Crippen LogP contribution in [-0.4, -0.2) is 33.2 Å². The van der Waals surface area contributed by atoms with Gasteiger partial charge in [-0.25, -0.2) is 9.67 Å². The van der Waals surface area contributed by atoms with Crippen molar-refractivity contribution in [3.05, 3.63) is 66.5 Å². The topological polar surface area (TPSA) is 78.9 Å². The van der Waals surface area contributed by atoms with Gasteiger partial charge in [0, 0.05) is 18.6 Å². The van der Waals surface area contributed by atoms with Gasteiger partial charge in [0.1, 0.15) is 11.4 Å². The first-order chi connectivity index (χ1) is 12.5. The zero-order valence-corrected chi connectivity index (χ0v) is 13.6. The van der Waals surface area contributed by atoms with Gasteiger partial charge in [0.2, 0.25) is 0 Å². The molecule has 0 fully saturated rings. The van der Waals surface area contributed by atoms with Gasteiger partial charge in [-0.1, -0.05) is 5.92 Å². The molecule has 3 rings (SSSR count). The smallest absolute Gasteiger partial charge is 0.406 e. The van der Waals surface area contributed by atoms with Crippen molar-refractivity contribution in [2.75, 3.05) is 7.05 Å². The van der Waals surface area contributed by atoms with Crippen LogP contribution in [0.5, 0.6) is 5.75 Å². The highest BCUT2D eigenvalue weighted by molar-refractivity contribution is 5.41. The van der Waals surface area contributed by atoms with Gasteiger partial charge in [-0.15, -0.1) is 13.2 Å². The molecule has 134 valence electrons. The molecule has 2 N–H and O–H groups in total. The highest BCUT2D eigenvalue weighted by Gasteiger charge is 2.30. The lowest BCUT2D eigenvalue weighted by Crippen LogP contribution is -2.17. The van der Waals surface area contributed by atoms with E-state index >= 15 is 0 Å². The van der Waals surface area contributed by atoms with Crippen LogP contribution in [0.4, 0.5) is 13.2 Å². The van der Waals surface area contributed by atoms with Gasteiger partial charge in [0.15, 0.2) is 0 Å². The van der Waals surface area contributed by atoms with Crippen LogP contribution >= 0.6 is 0 Å². The van der Waals surface area contributed by atoms with E-state index in [4.69, 9.17) is 0 Å². The fourth-order valence-corrected chi connectivity index (χ4v) is 1.83. The van der Waals surface area contributed by atoms with Crippen molar-refractivity contribution in [2.24, 2.45) is 5.73 Å². The van der Waals surface area contributed by atoms with Crippen LogP contribution in [0.3, 0.4) is 0 Å². The molecule has 2 heterocycles. The number of rotatable bonds is 2. The predicted molar refractivity (Wildman–Crippen MR) is 88.4 cm³/mol. The first-order valence-corrected chi connectivity index (χ1v) is 7.26. The van der Waals surface area contributed by atoms with Crippen LogP contribution < -0.4 is 10.5 Å². The SMILES string of the molecule is CN.FC(F)(F)Oc1ccc(-n2cc(C#Cc3cnccn3)cn2)cc1. The van der Waals surface area contributed by atoms with Crippen molar-refractivity contribution in [1.82, 2.24) is 19.7 Å². The summed E-state index contributed by atoms with van der Waals surface area (Å²) in [4.78, 5) is 7.93. The summed E-state index contributed by atoms with van der Waals surface area (Å²) in [6.07, 6.45) is 3.12. The summed E-state index contributed by atoms with van der Waals surface area (Å²) in [7, 11) is 1.50. The summed E-state index contributed by atoms with van der Waals surface area (Å²) in [5.74, 6) is 5.43. The third-order valence-electron chi connectivity index (χ3n) is 2.82. The summed E-state index contributed by atoms with van der Waals surface area (Å²) >= 11 is 0. The lowest BCUT2D eigenvalue weighted by Gasteiger charge is -2.09. The molecule has 0 radical (unpaired) electrons. The molecule has 0 amide bonds. The minimum absolute atomic E-state index is 0.291. The number of hydrogen-bond donors (Lipinski definition) is 1. The summed E-state index contributed by atoms with van der Waals surface area (Å²) < 4.78 is 41.7. The molecular weight excluding hydrogens is 347 g/mol. The Morgan fingerprint density at radius 1 is 1.04 bits per heavy atom. The minimum atomic E-state index is -4.71. The Labute approximate surface area is 147 Å². The standard InChI is InChI=1S/C16H9F3N4O.CH5N/c17-16(18,19)24-15-5-3-14(4-6-15)23-11-12(9-22-23)1-2-13-10-20-7-8-21-13;1-2/h3-11H;2H2,1H3. The van der Waals surface area contributed by atoms with Crippen LogP contribution in [0, 0.1) is 11.8 Å². The highest BCUT2D eigenvalue weighted by Crippen LogP contribution is 2.23. The quantitative estimate of drug-likeness (QED) is 0.710. The van der Waals surface area contributed by atoms with Crippen molar-refractivity contribution in [2.45, 2.75) is 6.36 Å². The van der Waals surface area contributed by atoms with Gasteiger partial charge < -0.3 is 10.5 Å². The zero-order chi connectivity index (χ0) is 19.0. The molecule has 0 atom stereocenters. The van der Waals surface area contributed by atoms with Crippen LogP contribution in [0.25, 0.3) is 5.69 Å². The summed E-state index contributed by atoms with van der Waals surface area (Å²) in [6.45, 7) is 0. The number of nitrogens with zero attached hydrogens (tertiary/aromatic N) is 4. The van der Waals surface area contributed by atoms with E-state index in [-0.39, 0.29) is 5.75 Å². The molecule has 0 unspecified atom stereocenters. The molecule has 26 heavy (non-hydrogen) atoms. The van der Waals surface area contributed by atoms with E-state index in [0.29, 0.717) is 16.9 Å². The van der Waals surface area contributed by atoms with E-state index in [2.05, 4.69) is 37.4 Å². The van der Waals surface area contributed by atoms with Gasteiger partial charge in [0.05, 0.1) is 23.6 Å². The number of benzene rings is 1. The molecule has 0 aliphatic heterocycles. The molecule has 0 aliphatic rings. The van der Waals surface area contributed by atoms with Crippen LogP contribution in [-0.2, 0) is 0 Å². The molecule has 0 saturated heterocycles. The maximum Gasteiger partial charge on any atom is 0.573 e. The second kappa shape index (κ2) is 8.64. The number of nitrogens with two attached hydrogens (primary N) is 1. The van der Waals surface area contributed by atoms with Gasteiger partial charge in [-0.3, -0.25) is 4.98 Å². The second-order valence-electron chi connectivity index (χ2n) is 4.56. The van der Waals surface area contributed by atoms with Crippen molar-refractivity contribution in [3.8, 4) is 23.3 Å². The number of alkyl halides is 3. The lowest BCUT2D eigenvalue weighted by atomic mass is 10.3. The summed E-state index contributed by atoms with van der Waals surface area (Å²) in [5, 5.41) is 4.12. The van der Waals surface area contributed by atoms with Crippen LogP contribution in [0.15, 0.2) is 55.2 Å². The Morgan fingerprint density at radius 3 is 2.38 bits per heavy atom. The molecule has 2 aromatic heterocycles. The van der Waals surface area contributed by atoms with Gasteiger partial charge in [-0.2, -0.15) is 5.10 Å². The van der Waals surface area contributed by atoms with E-state index in [1.807, 2.05) is 0 Å². The lowest BCUT2D eigenvalue weighted by molar-refractivity contribution is -0.274. The average Bonchev–Trinajstić information content (AvgIpc) is 3.11. The van der Waals surface area contributed by atoms with Crippen LogP contribution in [0.1, 0.15) is 11.3 Å². The monoisotopic (exact) mass is 361 g/mol. The van der Waals surface area contributed by atoms with E-state index in [0.717, 1.165) is 0 Å². The average molecular weight is 361 g/mol. The van der Waals surface area contributed by atoms with E-state index in [1.54, 1.807) is 18.6 Å². The molecule has 9 heteroatoms. The predicted octanol–water partition coefficient (Wildman–Crippen LogP) is 2.54. The van der Waals surface area contributed by atoms with Crippen molar-refractivity contribution < 1.29 is 17.9 Å². The normalized spacial score (nSPS) is 10.2. The third-order valence-corrected chi connectivity index (χ3v) is 2.82. The Balaban J connectivity index is 0.00000117. The Kier molecular flexibility index (Phi) is 6.30. The minimum Gasteiger partial charge on any atom is -0.406 e. The van der Waals surface area contributed by atoms with Gasteiger partial charge in [0.25, 0.3) is 0 Å². The molecule has 3 aromatic rings. The van der Waals surface area contributed by atoms with Gasteiger partial charge >= 0.3 is 6.36 Å². The van der Waals surface area contributed by atoms with Crippen LogP contribution in [0.2, 0.25) is 0 Å². The van der Waals surface area contributed by atoms with E-state index in [1.165, 1.54) is 48.4 Å². The van der Waals surface area contributed by atoms with Crippen molar-refractivity contribution in [1.29, 1.82) is 0 Å². The fourth-order valence-electron chi connectivity index (χ4n) is 1.83. The molecule has 6 nitrogen and oxygen atoms in total. The highest BCUT2D eigenvalue weighted by atomic mass is 19.4. The summed E-state index contributed by atoms with van der Waals surface area (Å²) in [5.41, 5.74) is 6.24. The number of hydrogen-bond acceptors (Lipinski definition) is 5. The molecule has 0 saturated carbocycles. The molecule has 1 aromatic carbocycles. The number of ether oxygens (including phenoxy) is 1. The summed E-state index contributed by atoms with van der Waals surface area (Å²) in [6, 6.07) is 5.37. The second-order valence-corrected chi connectivity index (χ2v) is 4.56. The Bertz CT molecular complexity index is 881. The zero-order valence-electron chi connectivity index (χ0n) is 13.6. The molecule has 0 bridgehead atoms. The molecular formula is C17H14F3N5O. The van der Waals surface area contributed by atoms with Crippen molar-refractivity contribution >= 4 is 0 Å². The van der Waals surface area contributed by atoms with E-state index in [9.17, 15) is 13.2 Å².